The third kappa shape index (κ3) is 2.17. The number of rotatable bonds is 1. The minimum Gasteiger partial charge on any atom is -0.329 e. The molecule has 1 fully saturated rings. The summed E-state index contributed by atoms with van der Waals surface area (Å²) in [6, 6.07) is 0. The summed E-state index contributed by atoms with van der Waals surface area (Å²) in [5, 5.41) is 0. The molecule has 1 aliphatic rings. The van der Waals surface area contributed by atoms with Crippen LogP contribution in [0.25, 0.3) is 0 Å². The lowest BCUT2D eigenvalue weighted by Crippen LogP contribution is -2.50. The zero-order valence-electron chi connectivity index (χ0n) is 7.69. The molecule has 0 aromatic carbocycles. The third-order valence-corrected chi connectivity index (χ3v) is 3.01. The highest BCUT2D eigenvalue weighted by Crippen LogP contribution is 2.38. The average Bonchev–Trinajstić information content (AvgIpc) is 1.97. The van der Waals surface area contributed by atoms with Gasteiger partial charge in [0.15, 0.2) is 0 Å². The van der Waals surface area contributed by atoms with Gasteiger partial charge in [0.1, 0.15) is 0 Å². The van der Waals surface area contributed by atoms with Crippen molar-refractivity contribution in [3.8, 4) is 0 Å². The van der Waals surface area contributed by atoms with E-state index in [0.717, 1.165) is 12.8 Å². The van der Waals surface area contributed by atoms with Gasteiger partial charge in [-0.05, 0) is 31.1 Å². The van der Waals surface area contributed by atoms with Crippen molar-refractivity contribution in [2.24, 2.45) is 16.9 Å². The Balaban J connectivity index is 2.48. The SMILES string of the molecule is CC1(C)CCC(N)(CN)CC1. The maximum atomic E-state index is 6.05. The van der Waals surface area contributed by atoms with Crippen molar-refractivity contribution < 1.29 is 0 Å². The molecule has 0 heterocycles. The van der Waals surface area contributed by atoms with Crippen LogP contribution in [0.4, 0.5) is 0 Å². The second-order valence-corrected chi connectivity index (χ2v) is 4.73. The molecule has 2 heteroatoms. The van der Waals surface area contributed by atoms with E-state index in [1.807, 2.05) is 0 Å². The van der Waals surface area contributed by atoms with Crippen LogP contribution in [0.3, 0.4) is 0 Å². The minimum atomic E-state index is -0.0461. The van der Waals surface area contributed by atoms with Crippen molar-refractivity contribution in [2.45, 2.75) is 45.1 Å². The first-order valence-electron chi connectivity index (χ1n) is 4.46. The molecule has 11 heavy (non-hydrogen) atoms. The molecule has 1 aliphatic carbocycles. The first kappa shape index (κ1) is 9.01. The first-order chi connectivity index (χ1) is 4.97. The van der Waals surface area contributed by atoms with E-state index in [-0.39, 0.29) is 5.54 Å². The van der Waals surface area contributed by atoms with E-state index >= 15 is 0 Å². The molecule has 0 atom stereocenters. The summed E-state index contributed by atoms with van der Waals surface area (Å²) in [4.78, 5) is 0. The van der Waals surface area contributed by atoms with Gasteiger partial charge in [-0.25, -0.2) is 0 Å². The van der Waals surface area contributed by atoms with Gasteiger partial charge in [0, 0.05) is 12.1 Å². The highest BCUT2D eigenvalue weighted by Gasteiger charge is 2.33. The van der Waals surface area contributed by atoms with E-state index in [4.69, 9.17) is 11.5 Å². The molecule has 4 N–H and O–H groups in total. The first-order valence-corrected chi connectivity index (χ1v) is 4.46. The van der Waals surface area contributed by atoms with Crippen LogP contribution in [0.15, 0.2) is 0 Å². The molecule has 2 nitrogen and oxygen atoms in total. The van der Waals surface area contributed by atoms with E-state index in [1.165, 1.54) is 12.8 Å². The van der Waals surface area contributed by atoms with Crippen molar-refractivity contribution in [1.29, 1.82) is 0 Å². The molecular formula is C9H20N2. The second kappa shape index (κ2) is 2.76. The fourth-order valence-corrected chi connectivity index (χ4v) is 1.63. The zero-order chi connectivity index (χ0) is 8.54. The minimum absolute atomic E-state index is 0.0461. The van der Waals surface area contributed by atoms with Gasteiger partial charge in [0.2, 0.25) is 0 Å². The molecule has 66 valence electrons. The fourth-order valence-electron chi connectivity index (χ4n) is 1.63. The van der Waals surface area contributed by atoms with Crippen molar-refractivity contribution in [3.63, 3.8) is 0 Å². The average molecular weight is 156 g/mol. The molecule has 0 aromatic heterocycles. The van der Waals surface area contributed by atoms with E-state index in [0.29, 0.717) is 12.0 Å². The smallest absolute Gasteiger partial charge is 0.0279 e. The Bertz CT molecular complexity index is 130. The van der Waals surface area contributed by atoms with Crippen LogP contribution >= 0.6 is 0 Å². The van der Waals surface area contributed by atoms with Crippen LogP contribution < -0.4 is 11.5 Å². The molecule has 0 saturated heterocycles. The van der Waals surface area contributed by atoms with Gasteiger partial charge >= 0.3 is 0 Å². The third-order valence-electron chi connectivity index (χ3n) is 3.01. The Morgan fingerprint density at radius 3 is 1.91 bits per heavy atom. The summed E-state index contributed by atoms with van der Waals surface area (Å²) < 4.78 is 0. The zero-order valence-corrected chi connectivity index (χ0v) is 7.69. The molecule has 0 aromatic rings. The summed E-state index contributed by atoms with van der Waals surface area (Å²) in [7, 11) is 0. The molecule has 1 saturated carbocycles. The topological polar surface area (TPSA) is 52.0 Å². The molecule has 0 amide bonds. The van der Waals surface area contributed by atoms with Crippen LogP contribution in [-0.2, 0) is 0 Å². The molecule has 0 aliphatic heterocycles. The van der Waals surface area contributed by atoms with E-state index in [2.05, 4.69) is 13.8 Å². The van der Waals surface area contributed by atoms with Crippen LogP contribution in [0, 0.1) is 5.41 Å². The Morgan fingerprint density at radius 1 is 1.09 bits per heavy atom. The Labute approximate surface area is 69.3 Å². The monoisotopic (exact) mass is 156 g/mol. The molecule has 0 unspecified atom stereocenters. The van der Waals surface area contributed by atoms with Gasteiger partial charge in [-0.1, -0.05) is 13.8 Å². The second-order valence-electron chi connectivity index (χ2n) is 4.73. The van der Waals surface area contributed by atoms with Gasteiger partial charge in [-0.3, -0.25) is 0 Å². The lowest BCUT2D eigenvalue weighted by atomic mass is 9.70. The molecule has 1 rings (SSSR count). The predicted molar refractivity (Wildman–Crippen MR) is 48.2 cm³/mol. The molecule has 0 radical (unpaired) electrons. The Kier molecular flexibility index (Phi) is 2.26. The van der Waals surface area contributed by atoms with Crippen molar-refractivity contribution in [3.05, 3.63) is 0 Å². The van der Waals surface area contributed by atoms with E-state index in [9.17, 15) is 0 Å². The lowest BCUT2D eigenvalue weighted by molar-refractivity contribution is 0.169. The Hall–Kier alpha value is -0.0800. The van der Waals surface area contributed by atoms with Crippen LogP contribution in [0.1, 0.15) is 39.5 Å². The highest BCUT2D eigenvalue weighted by atomic mass is 14.8. The maximum Gasteiger partial charge on any atom is 0.0279 e. The molecule has 0 bridgehead atoms. The lowest BCUT2D eigenvalue weighted by Gasteiger charge is -2.40. The maximum absolute atomic E-state index is 6.05. The highest BCUT2D eigenvalue weighted by molar-refractivity contribution is 4.93. The standard InChI is InChI=1S/C9H20N2/c1-8(2)3-5-9(11,7-10)6-4-8/h3-7,10-11H2,1-2H3. The molecule has 0 spiro atoms. The van der Waals surface area contributed by atoms with E-state index in [1.54, 1.807) is 0 Å². The van der Waals surface area contributed by atoms with Gasteiger partial charge in [-0.15, -0.1) is 0 Å². The predicted octanol–water partition coefficient (Wildman–Crippen LogP) is 1.24. The summed E-state index contributed by atoms with van der Waals surface area (Å²) >= 11 is 0. The summed E-state index contributed by atoms with van der Waals surface area (Å²) in [5.41, 5.74) is 12.1. The molecular weight excluding hydrogens is 136 g/mol. The summed E-state index contributed by atoms with van der Waals surface area (Å²) in [5.74, 6) is 0. The van der Waals surface area contributed by atoms with Gasteiger partial charge in [0.25, 0.3) is 0 Å². The van der Waals surface area contributed by atoms with Crippen LogP contribution in [-0.4, -0.2) is 12.1 Å². The largest absolute Gasteiger partial charge is 0.329 e. The number of nitrogens with two attached hydrogens (primary N) is 2. The number of hydrogen-bond acceptors (Lipinski definition) is 2. The van der Waals surface area contributed by atoms with E-state index < -0.39 is 0 Å². The van der Waals surface area contributed by atoms with Crippen LogP contribution in [0.2, 0.25) is 0 Å². The van der Waals surface area contributed by atoms with Gasteiger partial charge in [-0.2, -0.15) is 0 Å². The van der Waals surface area contributed by atoms with Gasteiger partial charge in [0.05, 0.1) is 0 Å². The summed E-state index contributed by atoms with van der Waals surface area (Å²) in [6.07, 6.45) is 4.63. The van der Waals surface area contributed by atoms with Crippen molar-refractivity contribution in [2.75, 3.05) is 6.54 Å². The Morgan fingerprint density at radius 2 is 1.55 bits per heavy atom. The van der Waals surface area contributed by atoms with Crippen molar-refractivity contribution >= 4 is 0 Å². The fraction of sp³-hybridized carbons (Fsp3) is 1.00. The van der Waals surface area contributed by atoms with Gasteiger partial charge < -0.3 is 11.5 Å². The van der Waals surface area contributed by atoms with Crippen molar-refractivity contribution in [1.82, 2.24) is 0 Å². The summed E-state index contributed by atoms with van der Waals surface area (Å²) in [6.45, 7) is 5.26. The quantitative estimate of drug-likeness (QED) is 0.600. The number of hydrogen-bond donors (Lipinski definition) is 2. The normalized spacial score (nSPS) is 28.4. The van der Waals surface area contributed by atoms with Crippen LogP contribution in [0.5, 0.6) is 0 Å².